The van der Waals surface area contributed by atoms with Gasteiger partial charge in [-0.2, -0.15) is 4.98 Å². The molecule has 1 heterocycles. The molecule has 1 aliphatic rings. The van der Waals surface area contributed by atoms with E-state index in [0.29, 0.717) is 17.4 Å². The minimum Gasteiger partial charge on any atom is -0.398 e. The van der Waals surface area contributed by atoms with E-state index in [9.17, 15) is 4.39 Å². The third-order valence-electron chi connectivity index (χ3n) is 3.85. The van der Waals surface area contributed by atoms with Gasteiger partial charge in [0, 0.05) is 17.2 Å². The number of nitrogens with two attached hydrogens (primary N) is 1. The Morgan fingerprint density at radius 2 is 2.24 bits per heavy atom. The SMILES string of the molecule is Cc1ccc(-c2noc(C3CC(OCCF)C3)n2)cc1N. The Balaban J connectivity index is 1.66. The highest BCUT2D eigenvalue weighted by atomic mass is 19.1. The second kappa shape index (κ2) is 5.81. The van der Waals surface area contributed by atoms with E-state index in [1.807, 2.05) is 25.1 Å². The molecule has 0 amide bonds. The number of ether oxygens (including phenoxy) is 1. The zero-order valence-corrected chi connectivity index (χ0v) is 11.9. The molecule has 1 aliphatic carbocycles. The van der Waals surface area contributed by atoms with E-state index < -0.39 is 6.67 Å². The predicted molar refractivity (Wildman–Crippen MR) is 76.6 cm³/mol. The molecule has 21 heavy (non-hydrogen) atoms. The first-order valence-corrected chi connectivity index (χ1v) is 7.05. The van der Waals surface area contributed by atoms with Crippen LogP contribution in [0.2, 0.25) is 0 Å². The second-order valence-electron chi connectivity index (χ2n) is 5.38. The minimum absolute atomic E-state index is 0.108. The van der Waals surface area contributed by atoms with Crippen LogP contribution in [0.25, 0.3) is 11.4 Å². The molecule has 0 unspecified atom stereocenters. The summed E-state index contributed by atoms with van der Waals surface area (Å²) in [5, 5.41) is 4.00. The van der Waals surface area contributed by atoms with Gasteiger partial charge in [0.1, 0.15) is 6.67 Å². The van der Waals surface area contributed by atoms with E-state index >= 15 is 0 Å². The van der Waals surface area contributed by atoms with Crippen molar-refractivity contribution < 1.29 is 13.7 Å². The number of nitrogen functional groups attached to an aromatic ring is 1. The molecule has 0 saturated heterocycles. The number of alkyl halides is 1. The van der Waals surface area contributed by atoms with Crippen molar-refractivity contribution in [3.63, 3.8) is 0 Å². The maximum absolute atomic E-state index is 12.0. The number of benzene rings is 1. The number of rotatable bonds is 5. The van der Waals surface area contributed by atoms with Crippen molar-refractivity contribution in [2.75, 3.05) is 19.0 Å². The number of hydrogen-bond donors (Lipinski definition) is 1. The van der Waals surface area contributed by atoms with Gasteiger partial charge in [0.25, 0.3) is 0 Å². The quantitative estimate of drug-likeness (QED) is 0.857. The van der Waals surface area contributed by atoms with Crippen LogP contribution in [0.4, 0.5) is 10.1 Å². The monoisotopic (exact) mass is 291 g/mol. The van der Waals surface area contributed by atoms with Gasteiger partial charge < -0.3 is 15.0 Å². The Kier molecular flexibility index (Phi) is 3.88. The zero-order chi connectivity index (χ0) is 14.8. The van der Waals surface area contributed by atoms with Crippen molar-refractivity contribution in [3.05, 3.63) is 29.7 Å². The molecular weight excluding hydrogens is 273 g/mol. The number of hydrogen-bond acceptors (Lipinski definition) is 5. The van der Waals surface area contributed by atoms with Crippen molar-refractivity contribution in [1.29, 1.82) is 0 Å². The maximum atomic E-state index is 12.0. The van der Waals surface area contributed by atoms with E-state index in [4.69, 9.17) is 15.0 Å². The standard InChI is InChI=1S/C15H18FN3O2/c1-9-2-3-10(8-13(9)17)14-18-15(21-19-14)11-6-12(7-11)20-5-4-16/h2-3,8,11-12H,4-7,17H2,1H3. The number of anilines is 1. The van der Waals surface area contributed by atoms with Gasteiger partial charge in [-0.15, -0.1) is 0 Å². The van der Waals surface area contributed by atoms with Crippen molar-refractivity contribution in [1.82, 2.24) is 10.1 Å². The maximum Gasteiger partial charge on any atom is 0.230 e. The van der Waals surface area contributed by atoms with Gasteiger partial charge in [0.05, 0.1) is 12.7 Å². The first-order chi connectivity index (χ1) is 10.2. The molecule has 112 valence electrons. The van der Waals surface area contributed by atoms with Crippen molar-refractivity contribution >= 4 is 5.69 Å². The van der Waals surface area contributed by atoms with Crippen LogP contribution < -0.4 is 5.73 Å². The lowest BCUT2D eigenvalue weighted by molar-refractivity contribution is -0.0210. The van der Waals surface area contributed by atoms with Crippen LogP contribution in [-0.2, 0) is 4.74 Å². The molecule has 1 fully saturated rings. The molecule has 1 aromatic heterocycles. The van der Waals surface area contributed by atoms with Gasteiger partial charge in [0.2, 0.25) is 11.7 Å². The molecule has 5 nitrogen and oxygen atoms in total. The summed E-state index contributed by atoms with van der Waals surface area (Å²) >= 11 is 0. The van der Waals surface area contributed by atoms with Crippen molar-refractivity contribution in [2.45, 2.75) is 31.8 Å². The molecule has 0 atom stereocenters. The Morgan fingerprint density at radius 3 is 2.95 bits per heavy atom. The highest BCUT2D eigenvalue weighted by Gasteiger charge is 2.35. The Morgan fingerprint density at radius 1 is 1.43 bits per heavy atom. The summed E-state index contributed by atoms with van der Waals surface area (Å²) in [6.45, 7) is 1.67. The van der Waals surface area contributed by atoms with Crippen molar-refractivity contribution in [2.24, 2.45) is 0 Å². The lowest BCUT2D eigenvalue weighted by atomic mass is 9.82. The first kappa shape index (κ1) is 14.0. The molecule has 1 aromatic carbocycles. The average molecular weight is 291 g/mol. The summed E-state index contributed by atoms with van der Waals surface area (Å²) in [6.07, 6.45) is 1.71. The third-order valence-corrected chi connectivity index (χ3v) is 3.85. The normalized spacial score (nSPS) is 21.2. The molecule has 2 N–H and O–H groups in total. The fraction of sp³-hybridized carbons (Fsp3) is 0.467. The molecule has 6 heteroatoms. The number of aromatic nitrogens is 2. The highest BCUT2D eigenvalue weighted by Crippen LogP contribution is 2.38. The minimum atomic E-state index is -0.444. The number of aryl methyl sites for hydroxylation is 1. The Bertz CT molecular complexity index is 623. The molecule has 3 rings (SSSR count). The van der Waals surface area contributed by atoms with Gasteiger partial charge in [0.15, 0.2) is 0 Å². The first-order valence-electron chi connectivity index (χ1n) is 7.05. The van der Waals surface area contributed by atoms with Gasteiger partial charge in [-0.1, -0.05) is 17.3 Å². The van der Waals surface area contributed by atoms with Crippen LogP contribution >= 0.6 is 0 Å². The zero-order valence-electron chi connectivity index (χ0n) is 11.9. The molecule has 1 saturated carbocycles. The summed E-state index contributed by atoms with van der Waals surface area (Å²) in [7, 11) is 0. The number of halogens is 1. The summed E-state index contributed by atoms with van der Waals surface area (Å²) < 4.78 is 22.6. The molecular formula is C15H18FN3O2. The molecule has 0 bridgehead atoms. The van der Waals surface area contributed by atoms with Crippen LogP contribution in [0.1, 0.15) is 30.2 Å². The fourth-order valence-electron chi connectivity index (χ4n) is 2.41. The summed E-state index contributed by atoms with van der Waals surface area (Å²) in [5.74, 6) is 1.37. The van der Waals surface area contributed by atoms with Crippen LogP contribution in [-0.4, -0.2) is 29.5 Å². The van der Waals surface area contributed by atoms with E-state index in [1.165, 1.54) is 0 Å². The smallest absolute Gasteiger partial charge is 0.230 e. The van der Waals surface area contributed by atoms with Crippen LogP contribution in [0.3, 0.4) is 0 Å². The van der Waals surface area contributed by atoms with Crippen LogP contribution in [0, 0.1) is 6.92 Å². The Labute approximate surface area is 122 Å². The summed E-state index contributed by atoms with van der Waals surface area (Å²) in [4.78, 5) is 4.43. The molecule has 2 aromatic rings. The molecule has 0 radical (unpaired) electrons. The lowest BCUT2D eigenvalue weighted by Gasteiger charge is -2.32. The van der Waals surface area contributed by atoms with Gasteiger partial charge in [-0.3, -0.25) is 0 Å². The lowest BCUT2D eigenvalue weighted by Crippen LogP contribution is -2.30. The van der Waals surface area contributed by atoms with Crippen molar-refractivity contribution in [3.8, 4) is 11.4 Å². The van der Waals surface area contributed by atoms with Crippen LogP contribution in [0.5, 0.6) is 0 Å². The summed E-state index contributed by atoms with van der Waals surface area (Å²) in [5.41, 5.74) is 8.47. The molecule has 0 spiro atoms. The Hall–Kier alpha value is -1.95. The second-order valence-corrected chi connectivity index (χ2v) is 5.38. The summed E-state index contributed by atoms with van der Waals surface area (Å²) in [6, 6.07) is 5.71. The van der Waals surface area contributed by atoms with E-state index in [-0.39, 0.29) is 18.6 Å². The molecule has 0 aliphatic heterocycles. The van der Waals surface area contributed by atoms with Gasteiger partial charge in [-0.25, -0.2) is 4.39 Å². The average Bonchev–Trinajstić information content (AvgIpc) is 2.90. The van der Waals surface area contributed by atoms with Gasteiger partial charge in [-0.05, 0) is 31.4 Å². The van der Waals surface area contributed by atoms with E-state index in [0.717, 1.165) is 24.0 Å². The fourth-order valence-corrected chi connectivity index (χ4v) is 2.41. The highest BCUT2D eigenvalue weighted by molar-refractivity contribution is 5.63. The van der Waals surface area contributed by atoms with Gasteiger partial charge >= 0.3 is 0 Å². The topological polar surface area (TPSA) is 74.2 Å². The third kappa shape index (κ3) is 2.90. The number of nitrogens with zero attached hydrogens (tertiary/aromatic N) is 2. The van der Waals surface area contributed by atoms with E-state index in [1.54, 1.807) is 0 Å². The van der Waals surface area contributed by atoms with Crippen LogP contribution in [0.15, 0.2) is 22.7 Å². The predicted octanol–water partition coefficient (Wildman–Crippen LogP) is 2.86. The van der Waals surface area contributed by atoms with E-state index in [2.05, 4.69) is 10.1 Å². The largest absolute Gasteiger partial charge is 0.398 e.